The molecule has 4 rings (SSSR count). The van der Waals surface area contributed by atoms with Crippen LogP contribution in [-0.2, 0) is 17.6 Å². The molecule has 5 nitrogen and oxygen atoms in total. The maximum atomic E-state index is 12.2. The first-order chi connectivity index (χ1) is 12.1. The highest BCUT2D eigenvalue weighted by Crippen LogP contribution is 2.36. The summed E-state index contributed by atoms with van der Waals surface area (Å²) in [6.07, 6.45) is 17.0. The van der Waals surface area contributed by atoms with Crippen molar-refractivity contribution in [1.82, 2.24) is 4.98 Å². The molecule has 0 aliphatic heterocycles. The Morgan fingerprint density at radius 2 is 2.04 bits per heavy atom. The van der Waals surface area contributed by atoms with Crippen molar-refractivity contribution in [2.75, 3.05) is 0 Å². The van der Waals surface area contributed by atoms with E-state index in [1.165, 1.54) is 29.4 Å². The fourth-order valence-electron chi connectivity index (χ4n) is 3.83. The Morgan fingerprint density at radius 1 is 1.20 bits per heavy atom. The summed E-state index contributed by atoms with van der Waals surface area (Å²) in [5.41, 5.74) is 5.76. The molecule has 1 aromatic rings. The molecule has 0 fully saturated rings. The van der Waals surface area contributed by atoms with Gasteiger partial charge in [-0.3, -0.25) is 19.9 Å². The van der Waals surface area contributed by atoms with E-state index in [0.29, 0.717) is 0 Å². The second kappa shape index (κ2) is 6.24. The summed E-state index contributed by atoms with van der Waals surface area (Å²) in [6, 6.07) is 0. The lowest BCUT2D eigenvalue weighted by atomic mass is 9.81. The molecule has 5 heteroatoms. The molecule has 0 amide bonds. The zero-order valence-corrected chi connectivity index (χ0v) is 13.8. The number of ketones is 1. The van der Waals surface area contributed by atoms with Crippen molar-refractivity contribution in [1.29, 1.82) is 0 Å². The number of carbonyl (C=O) groups excluding carboxylic acids is 1. The minimum atomic E-state index is -0.577. The third-order valence-electron chi connectivity index (χ3n) is 5.03. The smallest absolute Gasteiger partial charge is 0.266 e. The second-order valence-corrected chi connectivity index (χ2v) is 6.63. The number of rotatable bonds is 2. The van der Waals surface area contributed by atoms with Crippen LogP contribution in [0.15, 0.2) is 42.3 Å². The van der Waals surface area contributed by atoms with E-state index in [1.54, 1.807) is 0 Å². The van der Waals surface area contributed by atoms with Crippen LogP contribution < -0.4 is 0 Å². The number of carbonyl (C=O) groups is 1. The van der Waals surface area contributed by atoms with Crippen LogP contribution in [0.1, 0.15) is 41.6 Å². The van der Waals surface area contributed by atoms with Crippen molar-refractivity contribution in [2.45, 2.75) is 32.1 Å². The molecular formula is C20H18N2O3. The third-order valence-corrected chi connectivity index (χ3v) is 5.03. The molecule has 1 heterocycles. The van der Waals surface area contributed by atoms with E-state index in [1.807, 2.05) is 12.3 Å². The molecule has 1 unspecified atom stereocenters. The standard InChI is InChI=1S/C20H18N2O3/c23-19-9-8-16(22(24)25)11-15(19)10-13-4-3-5-14-12-21-18-7-2-1-6-17(18)20(13)14/h3,5,8-12,15H,1-2,4,6-7H2. The van der Waals surface area contributed by atoms with Crippen LogP contribution in [0, 0.1) is 16.0 Å². The predicted octanol–water partition coefficient (Wildman–Crippen LogP) is 3.68. The number of nitro groups is 1. The van der Waals surface area contributed by atoms with Crippen LogP contribution in [0.5, 0.6) is 0 Å². The van der Waals surface area contributed by atoms with Crippen LogP contribution in [0.3, 0.4) is 0 Å². The Kier molecular flexibility index (Phi) is 3.92. The Bertz CT molecular complexity index is 890. The minimum absolute atomic E-state index is 0.0233. The van der Waals surface area contributed by atoms with Gasteiger partial charge in [-0.2, -0.15) is 0 Å². The Labute approximate surface area is 145 Å². The SMILES string of the molecule is O=C1C=CC([N+](=O)[O-])=CC1C=C1CC=Cc2cnc3c(c21)CCCC3. The summed E-state index contributed by atoms with van der Waals surface area (Å²) >= 11 is 0. The van der Waals surface area contributed by atoms with Crippen LogP contribution in [0.25, 0.3) is 11.6 Å². The molecule has 0 saturated carbocycles. The lowest BCUT2D eigenvalue weighted by Gasteiger charge is -2.24. The fraction of sp³-hybridized carbons (Fsp3) is 0.300. The summed E-state index contributed by atoms with van der Waals surface area (Å²) in [5, 5.41) is 11.0. The average molecular weight is 334 g/mol. The molecule has 0 spiro atoms. The number of hydrogen-bond donors (Lipinski definition) is 0. The lowest BCUT2D eigenvalue weighted by molar-refractivity contribution is -0.419. The van der Waals surface area contributed by atoms with Gasteiger partial charge in [0.1, 0.15) is 0 Å². The normalized spacial score (nSPS) is 23.2. The Morgan fingerprint density at radius 3 is 2.88 bits per heavy atom. The van der Waals surface area contributed by atoms with Gasteiger partial charge in [0.05, 0.1) is 10.8 Å². The van der Waals surface area contributed by atoms with E-state index in [2.05, 4.69) is 17.1 Å². The first-order valence-corrected chi connectivity index (χ1v) is 8.60. The highest BCUT2D eigenvalue weighted by molar-refractivity contribution is 5.97. The number of aromatic nitrogens is 1. The number of aryl methyl sites for hydroxylation is 1. The first kappa shape index (κ1) is 15.7. The molecule has 0 radical (unpaired) electrons. The zero-order chi connectivity index (χ0) is 17.4. The highest BCUT2D eigenvalue weighted by Gasteiger charge is 2.25. The molecule has 0 saturated heterocycles. The largest absolute Gasteiger partial charge is 0.294 e. The molecule has 0 aromatic carbocycles. The number of pyridine rings is 1. The summed E-state index contributed by atoms with van der Waals surface area (Å²) in [6.45, 7) is 0. The maximum Gasteiger partial charge on any atom is 0.266 e. The van der Waals surface area contributed by atoms with Gasteiger partial charge in [0, 0.05) is 29.6 Å². The van der Waals surface area contributed by atoms with Gasteiger partial charge in [0.25, 0.3) is 5.70 Å². The zero-order valence-electron chi connectivity index (χ0n) is 13.8. The van der Waals surface area contributed by atoms with Gasteiger partial charge in [-0.1, -0.05) is 18.2 Å². The maximum absolute atomic E-state index is 12.2. The molecule has 3 aliphatic carbocycles. The Hall–Kier alpha value is -2.82. The van der Waals surface area contributed by atoms with Crippen LogP contribution in [0.2, 0.25) is 0 Å². The van der Waals surface area contributed by atoms with Crippen molar-refractivity contribution in [3.63, 3.8) is 0 Å². The van der Waals surface area contributed by atoms with Gasteiger partial charge < -0.3 is 0 Å². The summed E-state index contributed by atoms with van der Waals surface area (Å²) in [7, 11) is 0. The van der Waals surface area contributed by atoms with E-state index < -0.39 is 10.8 Å². The molecule has 1 aromatic heterocycles. The van der Waals surface area contributed by atoms with Crippen molar-refractivity contribution in [2.24, 2.45) is 5.92 Å². The monoisotopic (exact) mass is 334 g/mol. The van der Waals surface area contributed by atoms with Gasteiger partial charge in [-0.05, 0) is 54.9 Å². The number of fused-ring (bicyclic) bond motifs is 3. The molecular weight excluding hydrogens is 316 g/mol. The van der Waals surface area contributed by atoms with Crippen LogP contribution >= 0.6 is 0 Å². The number of nitrogens with zero attached hydrogens (tertiary/aromatic N) is 2. The number of allylic oxidation sites excluding steroid dienone is 6. The van der Waals surface area contributed by atoms with Crippen molar-refractivity contribution < 1.29 is 9.72 Å². The van der Waals surface area contributed by atoms with Gasteiger partial charge in [-0.15, -0.1) is 0 Å². The number of hydrogen-bond acceptors (Lipinski definition) is 4. The quantitative estimate of drug-likeness (QED) is 0.611. The summed E-state index contributed by atoms with van der Waals surface area (Å²) in [5.74, 6) is -0.690. The predicted molar refractivity (Wildman–Crippen MR) is 95.2 cm³/mol. The second-order valence-electron chi connectivity index (χ2n) is 6.63. The van der Waals surface area contributed by atoms with Gasteiger partial charge in [0.2, 0.25) is 0 Å². The van der Waals surface area contributed by atoms with E-state index in [-0.39, 0.29) is 11.5 Å². The Balaban J connectivity index is 1.79. The van der Waals surface area contributed by atoms with Crippen molar-refractivity contribution in [3.05, 3.63) is 74.8 Å². The fourth-order valence-corrected chi connectivity index (χ4v) is 3.83. The van der Waals surface area contributed by atoms with Gasteiger partial charge in [0.15, 0.2) is 5.78 Å². The van der Waals surface area contributed by atoms with Crippen LogP contribution in [-0.4, -0.2) is 15.7 Å². The van der Waals surface area contributed by atoms with Gasteiger partial charge >= 0.3 is 0 Å². The summed E-state index contributed by atoms with van der Waals surface area (Å²) in [4.78, 5) is 27.4. The molecule has 25 heavy (non-hydrogen) atoms. The van der Waals surface area contributed by atoms with Crippen LogP contribution in [0.4, 0.5) is 0 Å². The van der Waals surface area contributed by atoms with E-state index in [0.717, 1.165) is 48.9 Å². The lowest BCUT2D eigenvalue weighted by Crippen LogP contribution is -2.16. The molecule has 0 N–H and O–H groups in total. The minimum Gasteiger partial charge on any atom is -0.294 e. The topological polar surface area (TPSA) is 73.1 Å². The van der Waals surface area contributed by atoms with E-state index in [4.69, 9.17) is 0 Å². The molecule has 0 bridgehead atoms. The summed E-state index contributed by atoms with van der Waals surface area (Å²) < 4.78 is 0. The van der Waals surface area contributed by atoms with Crippen molar-refractivity contribution in [3.8, 4) is 0 Å². The van der Waals surface area contributed by atoms with E-state index in [9.17, 15) is 14.9 Å². The molecule has 1 atom stereocenters. The molecule has 3 aliphatic rings. The molecule has 126 valence electrons. The van der Waals surface area contributed by atoms with E-state index >= 15 is 0 Å². The van der Waals surface area contributed by atoms with Crippen molar-refractivity contribution >= 4 is 17.4 Å². The average Bonchev–Trinajstić information content (AvgIpc) is 2.63. The first-order valence-electron chi connectivity index (χ1n) is 8.60. The highest BCUT2D eigenvalue weighted by atomic mass is 16.6. The third kappa shape index (κ3) is 2.86. The van der Waals surface area contributed by atoms with Gasteiger partial charge in [-0.25, -0.2) is 0 Å².